The monoisotopic (exact) mass is 261 g/mol. The molecule has 106 valence electrons. The Kier molecular flexibility index (Phi) is 4.51. The highest BCUT2D eigenvalue weighted by Gasteiger charge is 2.33. The first-order valence-electron chi connectivity index (χ1n) is 7.42. The summed E-state index contributed by atoms with van der Waals surface area (Å²) >= 11 is 0. The lowest BCUT2D eigenvalue weighted by Crippen LogP contribution is -2.36. The van der Waals surface area contributed by atoms with Crippen molar-refractivity contribution in [2.24, 2.45) is 17.1 Å². The number of rotatable bonds is 4. The minimum atomic E-state index is 0.285. The third-order valence-electron chi connectivity index (χ3n) is 4.77. The quantitative estimate of drug-likeness (QED) is 0.897. The van der Waals surface area contributed by atoms with Crippen LogP contribution in [-0.4, -0.2) is 13.7 Å². The summed E-state index contributed by atoms with van der Waals surface area (Å²) in [4.78, 5) is 0. The molecule has 0 saturated heterocycles. The van der Waals surface area contributed by atoms with Gasteiger partial charge in [-0.15, -0.1) is 0 Å². The molecule has 1 aromatic carbocycles. The lowest BCUT2D eigenvalue weighted by molar-refractivity contribution is 0.162. The molecular weight excluding hydrogens is 234 g/mol. The van der Waals surface area contributed by atoms with E-state index in [1.54, 1.807) is 7.11 Å². The molecular formula is C17H27NO. The van der Waals surface area contributed by atoms with E-state index in [1.807, 2.05) is 0 Å². The number of hydrogen-bond acceptors (Lipinski definition) is 2. The van der Waals surface area contributed by atoms with Crippen LogP contribution in [0.4, 0.5) is 0 Å². The molecule has 0 amide bonds. The summed E-state index contributed by atoms with van der Waals surface area (Å²) in [6, 6.07) is 6.45. The zero-order chi connectivity index (χ0) is 13.9. The van der Waals surface area contributed by atoms with Crippen LogP contribution in [0.25, 0.3) is 0 Å². The van der Waals surface area contributed by atoms with Crippen molar-refractivity contribution in [1.82, 2.24) is 0 Å². The average Bonchev–Trinajstić information content (AvgIpc) is 2.42. The second-order valence-corrected chi connectivity index (χ2v) is 6.38. The Labute approximate surface area is 117 Å². The third kappa shape index (κ3) is 3.30. The van der Waals surface area contributed by atoms with Gasteiger partial charge in [-0.1, -0.05) is 37.5 Å². The number of aryl methyl sites for hydroxylation is 1. The fraction of sp³-hybridized carbons (Fsp3) is 0.647. The maximum atomic E-state index is 6.12. The van der Waals surface area contributed by atoms with E-state index < -0.39 is 0 Å². The molecule has 1 aliphatic rings. The van der Waals surface area contributed by atoms with Crippen LogP contribution in [0.5, 0.6) is 5.75 Å². The average molecular weight is 261 g/mol. The molecule has 0 unspecified atom stereocenters. The van der Waals surface area contributed by atoms with E-state index in [4.69, 9.17) is 10.5 Å². The smallest absolute Gasteiger partial charge is 0.122 e. The van der Waals surface area contributed by atoms with Crippen LogP contribution in [0, 0.1) is 18.3 Å². The zero-order valence-corrected chi connectivity index (χ0v) is 12.5. The van der Waals surface area contributed by atoms with E-state index in [0.717, 1.165) is 24.6 Å². The standard InChI is InChI=1S/C17H27NO/c1-13-6-8-17(12-18,9-7-13)11-15-10-14(2)4-5-16(15)19-3/h4-5,10,13H,6-9,11-12,18H2,1-3H3. The van der Waals surface area contributed by atoms with Crippen molar-refractivity contribution >= 4 is 0 Å². The van der Waals surface area contributed by atoms with Gasteiger partial charge in [-0.3, -0.25) is 0 Å². The van der Waals surface area contributed by atoms with Gasteiger partial charge >= 0.3 is 0 Å². The van der Waals surface area contributed by atoms with Gasteiger partial charge in [-0.2, -0.15) is 0 Å². The van der Waals surface area contributed by atoms with Crippen LogP contribution in [0.1, 0.15) is 43.7 Å². The molecule has 2 nitrogen and oxygen atoms in total. The SMILES string of the molecule is COc1ccc(C)cc1CC1(CN)CCC(C)CC1. The highest BCUT2D eigenvalue weighted by Crippen LogP contribution is 2.42. The molecule has 0 aliphatic heterocycles. The molecule has 0 bridgehead atoms. The minimum absolute atomic E-state index is 0.285. The molecule has 1 saturated carbocycles. The third-order valence-corrected chi connectivity index (χ3v) is 4.77. The van der Waals surface area contributed by atoms with Crippen molar-refractivity contribution in [3.63, 3.8) is 0 Å². The van der Waals surface area contributed by atoms with Crippen LogP contribution in [0.15, 0.2) is 18.2 Å². The molecule has 0 atom stereocenters. The number of hydrogen-bond donors (Lipinski definition) is 1. The Balaban J connectivity index is 2.20. The van der Waals surface area contributed by atoms with Gasteiger partial charge in [0.2, 0.25) is 0 Å². The van der Waals surface area contributed by atoms with Gasteiger partial charge in [-0.25, -0.2) is 0 Å². The second kappa shape index (κ2) is 5.96. The van der Waals surface area contributed by atoms with Crippen LogP contribution in [0.2, 0.25) is 0 Å². The van der Waals surface area contributed by atoms with Gasteiger partial charge in [0.1, 0.15) is 5.75 Å². The fourth-order valence-corrected chi connectivity index (χ4v) is 3.28. The second-order valence-electron chi connectivity index (χ2n) is 6.38. The van der Waals surface area contributed by atoms with Gasteiger partial charge in [0.05, 0.1) is 7.11 Å². The van der Waals surface area contributed by atoms with Crippen molar-refractivity contribution < 1.29 is 4.74 Å². The molecule has 0 aromatic heterocycles. The number of benzene rings is 1. The number of methoxy groups -OCH3 is 1. The predicted molar refractivity (Wildman–Crippen MR) is 80.6 cm³/mol. The van der Waals surface area contributed by atoms with Crippen LogP contribution in [-0.2, 0) is 6.42 Å². The largest absolute Gasteiger partial charge is 0.496 e. The summed E-state index contributed by atoms with van der Waals surface area (Å²) in [7, 11) is 1.76. The highest BCUT2D eigenvalue weighted by molar-refractivity contribution is 5.37. The minimum Gasteiger partial charge on any atom is -0.496 e. The zero-order valence-electron chi connectivity index (χ0n) is 12.5. The number of nitrogens with two attached hydrogens (primary N) is 1. The van der Waals surface area contributed by atoms with Gasteiger partial charge in [0, 0.05) is 0 Å². The molecule has 1 aliphatic carbocycles. The first-order chi connectivity index (χ1) is 9.08. The topological polar surface area (TPSA) is 35.2 Å². The van der Waals surface area contributed by atoms with E-state index in [1.165, 1.54) is 36.8 Å². The maximum absolute atomic E-state index is 6.12. The summed E-state index contributed by atoms with van der Waals surface area (Å²) < 4.78 is 5.51. The molecule has 0 heterocycles. The predicted octanol–water partition coefficient (Wildman–Crippen LogP) is 3.70. The van der Waals surface area contributed by atoms with E-state index >= 15 is 0 Å². The summed E-state index contributed by atoms with van der Waals surface area (Å²) in [6.45, 7) is 5.28. The summed E-state index contributed by atoms with van der Waals surface area (Å²) in [5, 5.41) is 0. The number of ether oxygens (including phenoxy) is 1. The first-order valence-corrected chi connectivity index (χ1v) is 7.42. The Morgan fingerprint density at radius 2 is 2.00 bits per heavy atom. The van der Waals surface area contributed by atoms with Crippen molar-refractivity contribution in [1.29, 1.82) is 0 Å². The highest BCUT2D eigenvalue weighted by atomic mass is 16.5. The molecule has 2 rings (SSSR count). The van der Waals surface area contributed by atoms with Crippen molar-refractivity contribution in [2.75, 3.05) is 13.7 Å². The lowest BCUT2D eigenvalue weighted by Gasteiger charge is -2.39. The molecule has 1 aromatic rings. The molecule has 0 radical (unpaired) electrons. The molecule has 0 spiro atoms. The molecule has 1 fully saturated rings. The Morgan fingerprint density at radius 1 is 1.32 bits per heavy atom. The Hall–Kier alpha value is -1.02. The van der Waals surface area contributed by atoms with Gasteiger partial charge in [0.15, 0.2) is 0 Å². The van der Waals surface area contributed by atoms with E-state index in [9.17, 15) is 0 Å². The van der Waals surface area contributed by atoms with Gasteiger partial charge < -0.3 is 10.5 Å². The molecule has 19 heavy (non-hydrogen) atoms. The van der Waals surface area contributed by atoms with Crippen molar-refractivity contribution in [3.05, 3.63) is 29.3 Å². The molecule has 2 heteroatoms. The van der Waals surface area contributed by atoms with Gasteiger partial charge in [0.25, 0.3) is 0 Å². The molecule has 2 N–H and O–H groups in total. The van der Waals surface area contributed by atoms with Crippen LogP contribution in [0.3, 0.4) is 0 Å². The fourth-order valence-electron chi connectivity index (χ4n) is 3.28. The maximum Gasteiger partial charge on any atom is 0.122 e. The Bertz CT molecular complexity index is 419. The lowest BCUT2D eigenvalue weighted by atomic mass is 9.67. The van der Waals surface area contributed by atoms with Crippen LogP contribution < -0.4 is 10.5 Å². The summed E-state index contributed by atoms with van der Waals surface area (Å²) in [5.41, 5.74) is 9.03. The van der Waals surface area contributed by atoms with E-state index in [2.05, 4.69) is 32.0 Å². The summed E-state index contributed by atoms with van der Waals surface area (Å²) in [6.07, 6.45) is 6.18. The van der Waals surface area contributed by atoms with E-state index in [0.29, 0.717) is 0 Å². The Morgan fingerprint density at radius 3 is 2.58 bits per heavy atom. The normalized spacial score (nSPS) is 27.3. The van der Waals surface area contributed by atoms with E-state index in [-0.39, 0.29) is 5.41 Å². The summed E-state index contributed by atoms with van der Waals surface area (Å²) in [5.74, 6) is 1.87. The van der Waals surface area contributed by atoms with Gasteiger partial charge in [-0.05, 0) is 55.7 Å². The van der Waals surface area contributed by atoms with Crippen LogP contribution >= 0.6 is 0 Å². The first kappa shape index (κ1) is 14.4. The van der Waals surface area contributed by atoms with Crippen molar-refractivity contribution in [2.45, 2.75) is 46.0 Å². The van der Waals surface area contributed by atoms with Crippen molar-refractivity contribution in [3.8, 4) is 5.75 Å².